The fourth-order valence-electron chi connectivity index (χ4n) is 3.61. The molecule has 1 amide bonds. The van der Waals surface area contributed by atoms with Crippen LogP contribution in [0, 0.1) is 0 Å². The lowest BCUT2D eigenvalue weighted by Gasteiger charge is -2.23. The highest BCUT2D eigenvalue weighted by Gasteiger charge is 2.19. The van der Waals surface area contributed by atoms with E-state index in [1.807, 2.05) is 30.6 Å². The predicted molar refractivity (Wildman–Crippen MR) is 109 cm³/mol. The normalized spacial score (nSPS) is 14.9. The molecule has 8 heteroatoms. The molecule has 29 heavy (non-hydrogen) atoms. The average Bonchev–Trinajstić information content (AvgIpc) is 3.45. The van der Waals surface area contributed by atoms with Crippen LogP contribution >= 0.6 is 0 Å². The summed E-state index contributed by atoms with van der Waals surface area (Å²) < 4.78 is 7.52. The molecule has 0 bridgehead atoms. The number of fused-ring (bicyclic) bond motifs is 1. The van der Waals surface area contributed by atoms with Crippen LogP contribution in [0.5, 0.6) is 0 Å². The predicted octanol–water partition coefficient (Wildman–Crippen LogP) is 3.43. The van der Waals surface area contributed by atoms with Crippen molar-refractivity contribution in [2.24, 2.45) is 0 Å². The van der Waals surface area contributed by atoms with E-state index in [-0.39, 0.29) is 5.91 Å². The number of ether oxygens (including phenoxy) is 1. The van der Waals surface area contributed by atoms with Crippen LogP contribution in [0.3, 0.4) is 0 Å². The summed E-state index contributed by atoms with van der Waals surface area (Å²) in [7, 11) is 0. The lowest BCUT2D eigenvalue weighted by Crippen LogP contribution is -2.19. The second-order valence-electron chi connectivity index (χ2n) is 7.03. The largest absolute Gasteiger partial charge is 0.381 e. The summed E-state index contributed by atoms with van der Waals surface area (Å²) in [6.45, 7) is 1.51. The number of imidazole rings is 2. The Hall–Kier alpha value is -3.52. The van der Waals surface area contributed by atoms with Gasteiger partial charge in [-0.3, -0.25) is 4.79 Å². The van der Waals surface area contributed by atoms with E-state index in [2.05, 4.69) is 29.8 Å². The maximum Gasteiger partial charge on any atom is 0.257 e. The number of benzene rings is 1. The zero-order valence-electron chi connectivity index (χ0n) is 15.7. The Morgan fingerprint density at radius 1 is 1.14 bits per heavy atom. The van der Waals surface area contributed by atoms with Gasteiger partial charge in [-0.2, -0.15) is 0 Å². The molecule has 1 saturated heterocycles. The van der Waals surface area contributed by atoms with Gasteiger partial charge >= 0.3 is 0 Å². The molecule has 0 unspecified atom stereocenters. The minimum atomic E-state index is -0.217. The Morgan fingerprint density at radius 2 is 1.97 bits per heavy atom. The summed E-state index contributed by atoms with van der Waals surface area (Å²) in [5.74, 6) is 0.573. The van der Waals surface area contributed by atoms with Gasteiger partial charge < -0.3 is 19.6 Å². The quantitative estimate of drug-likeness (QED) is 0.558. The Labute approximate surface area is 167 Å². The zero-order chi connectivity index (χ0) is 19.6. The minimum absolute atomic E-state index is 0.217. The number of nitrogens with zero attached hydrogens (tertiary/aromatic N) is 4. The Morgan fingerprint density at radius 3 is 2.72 bits per heavy atom. The van der Waals surface area contributed by atoms with E-state index in [1.165, 1.54) is 0 Å². The number of rotatable bonds is 4. The summed E-state index contributed by atoms with van der Waals surface area (Å²) in [4.78, 5) is 28.9. The van der Waals surface area contributed by atoms with Crippen molar-refractivity contribution in [3.05, 3.63) is 60.8 Å². The number of H-pyrrole nitrogens is 1. The van der Waals surface area contributed by atoms with Crippen molar-refractivity contribution in [1.29, 1.82) is 0 Å². The first kappa shape index (κ1) is 17.6. The van der Waals surface area contributed by atoms with Gasteiger partial charge in [-0.15, -0.1) is 0 Å². The number of anilines is 1. The van der Waals surface area contributed by atoms with Crippen LogP contribution in [0.1, 0.15) is 29.2 Å². The van der Waals surface area contributed by atoms with Gasteiger partial charge in [0.25, 0.3) is 5.91 Å². The van der Waals surface area contributed by atoms with Gasteiger partial charge in [0.05, 0.1) is 11.9 Å². The summed E-state index contributed by atoms with van der Waals surface area (Å²) >= 11 is 0. The van der Waals surface area contributed by atoms with E-state index >= 15 is 0 Å². The molecule has 0 spiro atoms. The molecule has 3 aromatic heterocycles. The highest BCUT2D eigenvalue weighted by Crippen LogP contribution is 2.25. The molecule has 0 radical (unpaired) electrons. The van der Waals surface area contributed by atoms with Crippen molar-refractivity contribution in [1.82, 2.24) is 24.5 Å². The van der Waals surface area contributed by atoms with Crippen molar-refractivity contribution in [2.75, 3.05) is 18.5 Å². The number of nitrogens with one attached hydrogen (secondary N) is 2. The van der Waals surface area contributed by atoms with Crippen molar-refractivity contribution in [3.63, 3.8) is 0 Å². The van der Waals surface area contributed by atoms with Crippen LogP contribution in [0.15, 0.2) is 55.2 Å². The molecule has 0 atom stereocenters. The molecule has 4 aromatic rings. The van der Waals surface area contributed by atoms with E-state index in [0.29, 0.717) is 17.3 Å². The number of amides is 1. The molecule has 1 aliphatic rings. The Kier molecular flexibility index (Phi) is 4.53. The third-order valence-corrected chi connectivity index (χ3v) is 5.17. The van der Waals surface area contributed by atoms with E-state index in [0.717, 1.165) is 48.6 Å². The standard InChI is InChI=1S/C21H20N6O2/c28-21(26-16-3-1-14(2-4-16)19-22-7-8-23-19)15-11-18-20(24-12-15)27(13-25-18)17-5-9-29-10-6-17/h1-4,7-8,11-13,17H,5-6,9-10H2,(H,22,23)(H,26,28). The molecule has 0 aliphatic carbocycles. The molecule has 2 N–H and O–H groups in total. The number of carbonyl (C=O) groups is 1. The maximum atomic E-state index is 12.7. The number of carbonyl (C=O) groups excluding carboxylic acids is 1. The average molecular weight is 388 g/mol. The lowest BCUT2D eigenvalue weighted by atomic mass is 10.1. The van der Waals surface area contributed by atoms with E-state index in [4.69, 9.17) is 4.74 Å². The molecule has 8 nitrogen and oxygen atoms in total. The molecule has 0 saturated carbocycles. The number of hydrogen-bond donors (Lipinski definition) is 2. The number of pyridine rings is 1. The second-order valence-corrected chi connectivity index (χ2v) is 7.03. The lowest BCUT2D eigenvalue weighted by molar-refractivity contribution is 0.0704. The molecule has 1 fully saturated rings. The SMILES string of the molecule is O=C(Nc1ccc(-c2ncc[nH]2)cc1)c1cnc2c(c1)ncn2C1CCOCC1. The zero-order valence-corrected chi connectivity index (χ0v) is 15.7. The molecule has 5 rings (SSSR count). The Bertz CT molecular complexity index is 1130. The van der Waals surface area contributed by atoms with Crippen LogP contribution < -0.4 is 5.32 Å². The molecule has 146 valence electrons. The second kappa shape index (κ2) is 7.48. The van der Waals surface area contributed by atoms with Gasteiger partial charge in [0.2, 0.25) is 0 Å². The minimum Gasteiger partial charge on any atom is -0.381 e. The molecular weight excluding hydrogens is 368 g/mol. The Balaban J connectivity index is 1.33. The van der Waals surface area contributed by atoms with Crippen molar-refractivity contribution in [3.8, 4) is 11.4 Å². The van der Waals surface area contributed by atoms with Crippen LogP contribution in [0.2, 0.25) is 0 Å². The van der Waals surface area contributed by atoms with E-state index in [1.54, 1.807) is 24.7 Å². The third kappa shape index (κ3) is 3.50. The number of hydrogen-bond acceptors (Lipinski definition) is 5. The fraction of sp³-hybridized carbons (Fsp3) is 0.238. The molecule has 1 aromatic carbocycles. The van der Waals surface area contributed by atoms with Crippen LogP contribution in [-0.2, 0) is 4.74 Å². The van der Waals surface area contributed by atoms with Gasteiger partial charge in [-0.1, -0.05) is 0 Å². The van der Waals surface area contributed by atoms with Crippen LogP contribution in [0.25, 0.3) is 22.6 Å². The highest BCUT2D eigenvalue weighted by molar-refractivity contribution is 6.05. The number of aromatic nitrogens is 5. The van der Waals surface area contributed by atoms with Gasteiger partial charge in [0, 0.05) is 49.1 Å². The highest BCUT2D eigenvalue weighted by atomic mass is 16.5. The van der Waals surface area contributed by atoms with Gasteiger partial charge in [-0.25, -0.2) is 15.0 Å². The molecule has 1 aliphatic heterocycles. The van der Waals surface area contributed by atoms with E-state index < -0.39 is 0 Å². The monoisotopic (exact) mass is 388 g/mol. The summed E-state index contributed by atoms with van der Waals surface area (Å²) in [5.41, 5.74) is 3.66. The van der Waals surface area contributed by atoms with Crippen LogP contribution in [-0.4, -0.2) is 43.6 Å². The van der Waals surface area contributed by atoms with Gasteiger partial charge in [0.1, 0.15) is 11.3 Å². The maximum absolute atomic E-state index is 12.7. The third-order valence-electron chi connectivity index (χ3n) is 5.17. The molecular formula is C21H20N6O2. The smallest absolute Gasteiger partial charge is 0.257 e. The summed E-state index contributed by atoms with van der Waals surface area (Å²) in [5, 5.41) is 2.90. The first-order chi connectivity index (χ1) is 14.3. The first-order valence-electron chi connectivity index (χ1n) is 9.59. The van der Waals surface area contributed by atoms with Gasteiger partial charge in [0.15, 0.2) is 5.65 Å². The number of aromatic amines is 1. The molecule has 4 heterocycles. The van der Waals surface area contributed by atoms with Crippen LogP contribution in [0.4, 0.5) is 5.69 Å². The van der Waals surface area contributed by atoms with Crippen molar-refractivity contribution < 1.29 is 9.53 Å². The van der Waals surface area contributed by atoms with Gasteiger partial charge in [-0.05, 0) is 43.2 Å². The van der Waals surface area contributed by atoms with Crippen molar-refractivity contribution in [2.45, 2.75) is 18.9 Å². The van der Waals surface area contributed by atoms with Crippen molar-refractivity contribution >= 4 is 22.8 Å². The topological polar surface area (TPSA) is 97.7 Å². The van der Waals surface area contributed by atoms with E-state index in [9.17, 15) is 4.79 Å². The summed E-state index contributed by atoms with van der Waals surface area (Å²) in [6.07, 6.45) is 8.79. The first-order valence-corrected chi connectivity index (χ1v) is 9.59. The fourth-order valence-corrected chi connectivity index (χ4v) is 3.61. The summed E-state index contributed by atoms with van der Waals surface area (Å²) in [6, 6.07) is 9.64.